The molecule has 1 fully saturated rings. The zero-order chi connectivity index (χ0) is 12.6. The third kappa shape index (κ3) is 2.72. The average Bonchev–Trinajstić information content (AvgIpc) is 3.00. The van der Waals surface area contributed by atoms with Gasteiger partial charge in [-0.05, 0) is 11.8 Å². The zero-order valence-corrected chi connectivity index (χ0v) is 10.3. The van der Waals surface area contributed by atoms with Gasteiger partial charge >= 0.3 is 0 Å². The van der Waals surface area contributed by atoms with E-state index in [4.69, 9.17) is 4.74 Å². The summed E-state index contributed by atoms with van der Waals surface area (Å²) in [6, 6.07) is 0. The van der Waals surface area contributed by atoms with Crippen LogP contribution in [0.4, 0.5) is 0 Å². The Morgan fingerprint density at radius 2 is 2.06 bits per heavy atom. The Kier molecular flexibility index (Phi) is 3.29. The van der Waals surface area contributed by atoms with Crippen LogP contribution in [-0.4, -0.2) is 23.8 Å². The number of hydrogen-bond acceptors (Lipinski definition) is 3. The molecule has 0 N–H and O–H groups in total. The molecule has 17 heavy (non-hydrogen) atoms. The maximum atomic E-state index is 11.8. The summed E-state index contributed by atoms with van der Waals surface area (Å²) in [5, 5.41) is 0. The minimum atomic E-state index is -0.501. The Labute approximate surface area is 102 Å². The molecule has 0 spiro atoms. The number of epoxide rings is 1. The van der Waals surface area contributed by atoms with Crippen molar-refractivity contribution in [2.45, 2.75) is 38.9 Å². The van der Waals surface area contributed by atoms with Gasteiger partial charge in [-0.2, -0.15) is 0 Å². The van der Waals surface area contributed by atoms with Gasteiger partial charge < -0.3 is 4.74 Å². The van der Waals surface area contributed by atoms with Gasteiger partial charge in [-0.25, -0.2) is 0 Å². The summed E-state index contributed by atoms with van der Waals surface area (Å²) in [4.78, 5) is 23.5. The normalized spacial score (nSPS) is 35.7. The van der Waals surface area contributed by atoms with Crippen LogP contribution >= 0.6 is 0 Å². The SMILES string of the molecule is C=C1/C=C\[C@H](C(C)C)CC(=O)C(=O)[C@@H]2O[C@@H]2C1. The summed E-state index contributed by atoms with van der Waals surface area (Å²) < 4.78 is 5.23. The second-order valence-electron chi connectivity index (χ2n) is 5.22. The van der Waals surface area contributed by atoms with Gasteiger partial charge in [-0.15, -0.1) is 0 Å². The number of Topliss-reactive ketones (excluding diaryl/α,β-unsaturated/α-hetero) is 2. The number of allylic oxidation sites excluding steroid dienone is 2. The van der Waals surface area contributed by atoms with Crippen LogP contribution in [-0.2, 0) is 14.3 Å². The number of carbonyl (C=O) groups excluding carboxylic acids is 2. The molecule has 2 rings (SSSR count). The van der Waals surface area contributed by atoms with Gasteiger partial charge in [0.15, 0.2) is 6.10 Å². The molecule has 0 unspecified atom stereocenters. The van der Waals surface area contributed by atoms with Crippen molar-refractivity contribution in [2.24, 2.45) is 11.8 Å². The number of carbonyl (C=O) groups is 2. The largest absolute Gasteiger partial charge is 0.360 e. The van der Waals surface area contributed by atoms with Gasteiger partial charge in [-0.3, -0.25) is 9.59 Å². The Morgan fingerprint density at radius 3 is 2.71 bits per heavy atom. The Bertz CT molecular complexity index is 392. The lowest BCUT2D eigenvalue weighted by Gasteiger charge is -2.16. The first-order valence-corrected chi connectivity index (χ1v) is 6.07. The minimum absolute atomic E-state index is 0.110. The van der Waals surface area contributed by atoms with Gasteiger partial charge in [0.2, 0.25) is 11.6 Å². The summed E-state index contributed by atoms with van der Waals surface area (Å²) in [6.07, 6.45) is 4.27. The molecular formula is C14H18O3. The summed E-state index contributed by atoms with van der Waals surface area (Å²) in [5.41, 5.74) is 0.963. The van der Waals surface area contributed by atoms with Crippen LogP contribution in [0.15, 0.2) is 24.3 Å². The Morgan fingerprint density at radius 1 is 1.35 bits per heavy atom. The van der Waals surface area contributed by atoms with Crippen LogP contribution in [0.5, 0.6) is 0 Å². The van der Waals surface area contributed by atoms with Crippen molar-refractivity contribution in [3.05, 3.63) is 24.3 Å². The predicted molar refractivity (Wildman–Crippen MR) is 64.5 cm³/mol. The maximum absolute atomic E-state index is 11.8. The van der Waals surface area contributed by atoms with E-state index in [0.29, 0.717) is 12.3 Å². The van der Waals surface area contributed by atoms with Crippen molar-refractivity contribution in [3.8, 4) is 0 Å². The Hall–Kier alpha value is -1.22. The third-order valence-corrected chi connectivity index (χ3v) is 3.44. The van der Waals surface area contributed by atoms with Gasteiger partial charge in [0.05, 0.1) is 6.10 Å². The minimum Gasteiger partial charge on any atom is -0.360 e. The number of ether oxygens (including phenoxy) is 1. The molecule has 0 saturated carbocycles. The van der Waals surface area contributed by atoms with Crippen molar-refractivity contribution in [3.63, 3.8) is 0 Å². The lowest BCUT2D eigenvalue weighted by atomic mass is 9.87. The molecule has 0 radical (unpaired) electrons. The van der Waals surface area contributed by atoms with Crippen LogP contribution in [0, 0.1) is 11.8 Å². The summed E-state index contributed by atoms with van der Waals surface area (Å²) in [6.45, 7) is 8.05. The molecule has 3 nitrogen and oxygen atoms in total. The quantitative estimate of drug-likeness (QED) is 0.515. The molecule has 2 aliphatic rings. The highest BCUT2D eigenvalue weighted by Crippen LogP contribution is 2.32. The number of fused-ring (bicyclic) bond motifs is 1. The molecule has 0 amide bonds. The van der Waals surface area contributed by atoms with E-state index >= 15 is 0 Å². The van der Waals surface area contributed by atoms with Crippen molar-refractivity contribution in [1.82, 2.24) is 0 Å². The lowest BCUT2D eigenvalue weighted by Crippen LogP contribution is -2.25. The molecule has 3 atom stereocenters. The van der Waals surface area contributed by atoms with E-state index in [1.54, 1.807) is 0 Å². The van der Waals surface area contributed by atoms with Crippen LogP contribution in [0.25, 0.3) is 0 Å². The fourth-order valence-electron chi connectivity index (χ4n) is 2.11. The molecule has 1 aliphatic carbocycles. The highest BCUT2D eigenvalue weighted by Gasteiger charge is 2.47. The first kappa shape index (κ1) is 12.2. The highest BCUT2D eigenvalue weighted by molar-refractivity contribution is 6.39. The van der Waals surface area contributed by atoms with Gasteiger partial charge in [0, 0.05) is 12.8 Å². The summed E-state index contributed by atoms with van der Waals surface area (Å²) >= 11 is 0. The fourth-order valence-corrected chi connectivity index (χ4v) is 2.11. The average molecular weight is 234 g/mol. The molecule has 0 aromatic rings. The second-order valence-corrected chi connectivity index (χ2v) is 5.22. The molecule has 3 heteroatoms. The number of ketones is 2. The van der Waals surface area contributed by atoms with E-state index in [1.807, 2.05) is 12.2 Å². The maximum Gasteiger partial charge on any atom is 0.229 e. The van der Waals surface area contributed by atoms with Crippen LogP contribution in [0.3, 0.4) is 0 Å². The van der Waals surface area contributed by atoms with Crippen molar-refractivity contribution in [2.75, 3.05) is 0 Å². The first-order chi connectivity index (χ1) is 7.99. The van der Waals surface area contributed by atoms with Crippen LogP contribution in [0.2, 0.25) is 0 Å². The van der Waals surface area contributed by atoms with E-state index in [1.165, 1.54) is 0 Å². The smallest absolute Gasteiger partial charge is 0.229 e. The monoisotopic (exact) mass is 234 g/mol. The molecule has 0 bridgehead atoms. The zero-order valence-electron chi connectivity index (χ0n) is 10.3. The number of hydrogen-bond donors (Lipinski definition) is 0. The number of rotatable bonds is 1. The van der Waals surface area contributed by atoms with Gasteiger partial charge in [0.25, 0.3) is 0 Å². The second kappa shape index (κ2) is 4.57. The predicted octanol–water partition coefficient (Wildman–Crippen LogP) is 2.07. The molecule has 92 valence electrons. The van der Waals surface area contributed by atoms with E-state index in [0.717, 1.165) is 5.57 Å². The van der Waals surface area contributed by atoms with E-state index in [2.05, 4.69) is 20.4 Å². The standard InChI is InChI=1S/C14H18O3/c1-8(2)10-5-4-9(3)6-12-14(17-12)13(16)11(15)7-10/h4-5,8,10,12,14H,3,6-7H2,1-2H3/b5-4-/t10-,12+,14+/m0/s1. The van der Waals surface area contributed by atoms with Crippen LogP contribution in [0.1, 0.15) is 26.7 Å². The third-order valence-electron chi connectivity index (χ3n) is 3.44. The molecule has 0 aromatic carbocycles. The molecule has 0 aromatic heterocycles. The molecule has 1 saturated heterocycles. The summed E-state index contributed by atoms with van der Waals surface area (Å²) in [5.74, 6) is -0.207. The molecule has 1 aliphatic heterocycles. The first-order valence-electron chi connectivity index (χ1n) is 6.07. The van der Waals surface area contributed by atoms with E-state index < -0.39 is 6.10 Å². The van der Waals surface area contributed by atoms with Crippen LogP contribution < -0.4 is 0 Å². The van der Waals surface area contributed by atoms with E-state index in [9.17, 15) is 9.59 Å². The van der Waals surface area contributed by atoms with E-state index in [-0.39, 0.29) is 30.0 Å². The molecular weight excluding hydrogens is 216 g/mol. The lowest BCUT2D eigenvalue weighted by molar-refractivity contribution is -0.137. The highest BCUT2D eigenvalue weighted by atomic mass is 16.6. The van der Waals surface area contributed by atoms with Crippen molar-refractivity contribution >= 4 is 11.6 Å². The fraction of sp³-hybridized carbons (Fsp3) is 0.571. The molecule has 1 heterocycles. The Balaban J connectivity index is 2.18. The van der Waals surface area contributed by atoms with Crippen molar-refractivity contribution < 1.29 is 14.3 Å². The van der Waals surface area contributed by atoms with Crippen molar-refractivity contribution in [1.29, 1.82) is 0 Å². The topological polar surface area (TPSA) is 46.7 Å². The van der Waals surface area contributed by atoms with Gasteiger partial charge in [0.1, 0.15) is 0 Å². The summed E-state index contributed by atoms with van der Waals surface area (Å²) in [7, 11) is 0. The van der Waals surface area contributed by atoms with Gasteiger partial charge in [-0.1, -0.05) is 38.2 Å².